The molecule has 0 radical (unpaired) electrons. The van der Waals surface area contributed by atoms with E-state index in [4.69, 9.17) is 0 Å². The molecule has 90 valence electrons. The first kappa shape index (κ1) is 11.7. The molecule has 0 aliphatic heterocycles. The molecule has 2 rings (SSSR count). The van der Waals surface area contributed by atoms with E-state index in [0.717, 1.165) is 12.5 Å². The minimum Gasteiger partial charge on any atom is -0.357 e. The van der Waals surface area contributed by atoms with Gasteiger partial charge in [0, 0.05) is 32.5 Å². The van der Waals surface area contributed by atoms with Gasteiger partial charge in [-0.3, -0.25) is 0 Å². The number of nitrogens with zero attached hydrogens (tertiary/aromatic N) is 1. The van der Waals surface area contributed by atoms with Gasteiger partial charge in [-0.2, -0.15) is 0 Å². The molecule has 1 heterocycles. The largest absolute Gasteiger partial charge is 0.357 e. The zero-order valence-electron chi connectivity index (χ0n) is 10.8. The van der Waals surface area contributed by atoms with Crippen LogP contribution in [0, 0.1) is 11.3 Å². The number of aromatic nitrogens is 1. The normalized spacial score (nSPS) is 18.0. The average molecular weight is 220 g/mol. The van der Waals surface area contributed by atoms with Crippen molar-refractivity contribution in [2.24, 2.45) is 18.4 Å². The first-order chi connectivity index (χ1) is 7.60. The molecule has 16 heavy (non-hydrogen) atoms. The standard InChI is InChI=1S/C14H24N2/c1-12(2)8-14(5-6-14)11-15-9-13-4-7-16(3)10-13/h4,7,10,12,15H,5-6,8-9,11H2,1-3H3. The first-order valence-electron chi connectivity index (χ1n) is 6.41. The summed E-state index contributed by atoms with van der Waals surface area (Å²) in [6.45, 7) is 6.87. The lowest BCUT2D eigenvalue weighted by atomic mass is 9.94. The molecule has 0 atom stereocenters. The van der Waals surface area contributed by atoms with Gasteiger partial charge < -0.3 is 9.88 Å². The molecule has 2 heteroatoms. The van der Waals surface area contributed by atoms with Crippen molar-refractivity contribution in [2.45, 2.75) is 39.7 Å². The van der Waals surface area contributed by atoms with E-state index in [1.54, 1.807) is 0 Å². The summed E-state index contributed by atoms with van der Waals surface area (Å²) in [6.07, 6.45) is 8.53. The third kappa shape index (κ3) is 3.11. The van der Waals surface area contributed by atoms with E-state index in [0.29, 0.717) is 5.41 Å². The van der Waals surface area contributed by atoms with Crippen molar-refractivity contribution in [3.8, 4) is 0 Å². The molecule has 0 bridgehead atoms. The summed E-state index contributed by atoms with van der Waals surface area (Å²) < 4.78 is 2.11. The maximum atomic E-state index is 3.61. The molecule has 1 aliphatic rings. The van der Waals surface area contributed by atoms with Gasteiger partial charge in [0.2, 0.25) is 0 Å². The fourth-order valence-electron chi connectivity index (χ4n) is 2.63. The van der Waals surface area contributed by atoms with Gasteiger partial charge in [0.05, 0.1) is 0 Å². The SMILES string of the molecule is CC(C)CC1(CNCc2ccn(C)c2)CC1. The summed E-state index contributed by atoms with van der Waals surface area (Å²) in [5.41, 5.74) is 2.03. The Labute approximate surface area is 99.0 Å². The molecular formula is C14H24N2. The molecule has 0 aromatic carbocycles. The lowest BCUT2D eigenvalue weighted by Gasteiger charge is -2.17. The average Bonchev–Trinajstić information content (AvgIpc) is 2.80. The van der Waals surface area contributed by atoms with Crippen LogP contribution in [-0.2, 0) is 13.6 Å². The molecule has 1 aliphatic carbocycles. The van der Waals surface area contributed by atoms with Gasteiger partial charge >= 0.3 is 0 Å². The van der Waals surface area contributed by atoms with Crippen molar-refractivity contribution in [2.75, 3.05) is 6.54 Å². The minimum atomic E-state index is 0.642. The molecule has 0 spiro atoms. The quantitative estimate of drug-likeness (QED) is 0.780. The third-order valence-electron chi connectivity index (χ3n) is 3.52. The van der Waals surface area contributed by atoms with E-state index >= 15 is 0 Å². The highest BCUT2D eigenvalue weighted by molar-refractivity contribution is 5.09. The highest BCUT2D eigenvalue weighted by Gasteiger charge is 2.41. The van der Waals surface area contributed by atoms with Crippen LogP contribution in [0.3, 0.4) is 0 Å². The van der Waals surface area contributed by atoms with Crippen molar-refractivity contribution >= 4 is 0 Å². The van der Waals surface area contributed by atoms with Crippen LogP contribution in [0.4, 0.5) is 0 Å². The number of hydrogen-bond acceptors (Lipinski definition) is 1. The topological polar surface area (TPSA) is 17.0 Å². The maximum Gasteiger partial charge on any atom is 0.0220 e. The summed E-state index contributed by atoms with van der Waals surface area (Å²) >= 11 is 0. The monoisotopic (exact) mass is 220 g/mol. The first-order valence-corrected chi connectivity index (χ1v) is 6.41. The number of aryl methyl sites for hydroxylation is 1. The van der Waals surface area contributed by atoms with Crippen molar-refractivity contribution in [1.29, 1.82) is 0 Å². The zero-order chi connectivity index (χ0) is 11.6. The molecule has 1 aromatic rings. The summed E-state index contributed by atoms with van der Waals surface area (Å²) in [4.78, 5) is 0. The molecule has 2 nitrogen and oxygen atoms in total. The Bertz CT molecular complexity index is 334. The summed E-state index contributed by atoms with van der Waals surface area (Å²) in [5, 5.41) is 3.61. The molecular weight excluding hydrogens is 196 g/mol. The van der Waals surface area contributed by atoms with Crippen molar-refractivity contribution in [1.82, 2.24) is 9.88 Å². The molecule has 0 unspecified atom stereocenters. The molecule has 0 amide bonds. The highest BCUT2D eigenvalue weighted by Crippen LogP contribution is 2.49. The Balaban J connectivity index is 1.72. The predicted octanol–water partition coefficient (Wildman–Crippen LogP) is 2.94. The predicted molar refractivity (Wildman–Crippen MR) is 68.2 cm³/mol. The Morgan fingerprint density at radius 2 is 2.19 bits per heavy atom. The van der Waals surface area contributed by atoms with Crippen LogP contribution in [0.15, 0.2) is 18.5 Å². The third-order valence-corrected chi connectivity index (χ3v) is 3.52. The summed E-state index contributed by atoms with van der Waals surface area (Å²) in [6, 6.07) is 2.19. The Hall–Kier alpha value is -0.760. The Morgan fingerprint density at radius 1 is 1.44 bits per heavy atom. The van der Waals surface area contributed by atoms with Gasteiger partial charge in [-0.1, -0.05) is 13.8 Å². The van der Waals surface area contributed by atoms with E-state index in [1.165, 1.54) is 31.4 Å². The van der Waals surface area contributed by atoms with Crippen molar-refractivity contribution in [3.63, 3.8) is 0 Å². The molecule has 1 saturated carbocycles. The Morgan fingerprint density at radius 3 is 2.69 bits per heavy atom. The van der Waals surface area contributed by atoms with E-state index in [9.17, 15) is 0 Å². The number of hydrogen-bond donors (Lipinski definition) is 1. The highest BCUT2D eigenvalue weighted by atomic mass is 14.9. The van der Waals surface area contributed by atoms with Crippen molar-refractivity contribution < 1.29 is 0 Å². The van der Waals surface area contributed by atoms with Gasteiger partial charge in [0.15, 0.2) is 0 Å². The Kier molecular flexibility index (Phi) is 3.38. The van der Waals surface area contributed by atoms with Crippen LogP contribution < -0.4 is 5.32 Å². The smallest absolute Gasteiger partial charge is 0.0220 e. The second-order valence-electron chi connectivity index (χ2n) is 5.89. The lowest BCUT2D eigenvalue weighted by Crippen LogP contribution is -2.24. The van der Waals surface area contributed by atoms with E-state index in [-0.39, 0.29) is 0 Å². The molecule has 1 N–H and O–H groups in total. The van der Waals surface area contributed by atoms with Crippen LogP contribution in [0.5, 0.6) is 0 Å². The number of nitrogens with one attached hydrogen (secondary N) is 1. The lowest BCUT2D eigenvalue weighted by molar-refractivity contribution is 0.366. The van der Waals surface area contributed by atoms with Gasteiger partial charge in [0.1, 0.15) is 0 Å². The zero-order valence-corrected chi connectivity index (χ0v) is 10.8. The van der Waals surface area contributed by atoms with Gasteiger partial charge in [-0.05, 0) is 42.2 Å². The summed E-state index contributed by atoms with van der Waals surface area (Å²) in [5.74, 6) is 0.834. The molecule has 1 fully saturated rings. The van der Waals surface area contributed by atoms with Crippen LogP contribution in [-0.4, -0.2) is 11.1 Å². The van der Waals surface area contributed by atoms with Crippen LogP contribution in [0.1, 0.15) is 38.7 Å². The van der Waals surface area contributed by atoms with E-state index < -0.39 is 0 Å². The molecule has 1 aromatic heterocycles. The fourth-order valence-corrected chi connectivity index (χ4v) is 2.63. The molecule has 0 saturated heterocycles. The van der Waals surface area contributed by atoms with Gasteiger partial charge in [0.25, 0.3) is 0 Å². The second-order valence-corrected chi connectivity index (χ2v) is 5.89. The van der Waals surface area contributed by atoms with E-state index in [2.05, 4.69) is 49.2 Å². The second kappa shape index (κ2) is 4.62. The minimum absolute atomic E-state index is 0.642. The van der Waals surface area contributed by atoms with Crippen LogP contribution in [0.2, 0.25) is 0 Å². The van der Waals surface area contributed by atoms with E-state index in [1.807, 2.05) is 0 Å². The van der Waals surface area contributed by atoms with Gasteiger partial charge in [-0.25, -0.2) is 0 Å². The fraction of sp³-hybridized carbons (Fsp3) is 0.714. The van der Waals surface area contributed by atoms with Crippen LogP contribution >= 0.6 is 0 Å². The number of rotatable bonds is 6. The summed E-state index contributed by atoms with van der Waals surface area (Å²) in [7, 11) is 2.07. The van der Waals surface area contributed by atoms with Crippen molar-refractivity contribution in [3.05, 3.63) is 24.0 Å². The maximum absolute atomic E-state index is 3.61. The van der Waals surface area contributed by atoms with Crippen LogP contribution in [0.25, 0.3) is 0 Å². The van der Waals surface area contributed by atoms with Gasteiger partial charge in [-0.15, -0.1) is 0 Å².